The molecule has 0 aromatic heterocycles. The molecule has 0 spiro atoms. The summed E-state index contributed by atoms with van der Waals surface area (Å²) in [4.78, 5) is 27.5. The predicted molar refractivity (Wildman–Crippen MR) is 111 cm³/mol. The molecule has 2 atom stereocenters. The molecule has 30 heavy (non-hydrogen) atoms. The van der Waals surface area contributed by atoms with Gasteiger partial charge in [0.25, 0.3) is 5.91 Å². The fraction of sp³-hybridized carbons (Fsp3) is 0.391. The first-order valence-corrected chi connectivity index (χ1v) is 9.99. The van der Waals surface area contributed by atoms with Crippen molar-refractivity contribution in [3.8, 4) is 5.75 Å². The van der Waals surface area contributed by atoms with Gasteiger partial charge in [0.2, 0.25) is 5.91 Å². The zero-order valence-electron chi connectivity index (χ0n) is 17.3. The Morgan fingerprint density at radius 2 is 1.90 bits per heavy atom. The summed E-state index contributed by atoms with van der Waals surface area (Å²) >= 11 is 0. The van der Waals surface area contributed by atoms with Crippen LogP contribution in [0.3, 0.4) is 0 Å². The van der Waals surface area contributed by atoms with Gasteiger partial charge in [-0.1, -0.05) is 12.1 Å². The second-order valence-corrected chi connectivity index (χ2v) is 7.34. The van der Waals surface area contributed by atoms with Gasteiger partial charge in [0.05, 0.1) is 13.0 Å². The van der Waals surface area contributed by atoms with Crippen LogP contribution in [0.1, 0.15) is 28.3 Å². The second kappa shape index (κ2) is 10.2. The number of carbonyl (C=O) groups excluding carboxylic acids is 2. The quantitative estimate of drug-likeness (QED) is 0.675. The molecule has 1 aliphatic heterocycles. The van der Waals surface area contributed by atoms with Gasteiger partial charge < -0.3 is 19.7 Å². The van der Waals surface area contributed by atoms with Crippen LogP contribution in [-0.4, -0.2) is 57.2 Å². The van der Waals surface area contributed by atoms with E-state index in [9.17, 15) is 14.0 Å². The molecule has 1 aliphatic rings. The summed E-state index contributed by atoms with van der Waals surface area (Å²) in [6.07, 6.45) is 0.702. The Bertz CT molecular complexity index is 872. The van der Waals surface area contributed by atoms with Crippen molar-refractivity contribution < 1.29 is 23.5 Å². The standard InChI is InChI=1S/C23H27FN2O4/c1-29-12-4-11-25-22(27)21-15-26(14-20(21)17-5-3-6-18(24)13-17)23(28)16-7-9-19(30-2)10-8-16/h3,5-10,13,20-21H,4,11-12,14-15H2,1-2H3,(H,25,27)/t20-,21+/m0/s1. The lowest BCUT2D eigenvalue weighted by atomic mass is 9.88. The maximum atomic E-state index is 13.8. The number of benzene rings is 2. The first kappa shape index (κ1) is 21.8. The molecule has 160 valence electrons. The number of rotatable bonds is 8. The van der Waals surface area contributed by atoms with E-state index < -0.39 is 5.92 Å². The summed E-state index contributed by atoms with van der Waals surface area (Å²) in [6.45, 7) is 1.68. The summed E-state index contributed by atoms with van der Waals surface area (Å²) < 4.78 is 24.0. The topological polar surface area (TPSA) is 67.9 Å². The third-order valence-electron chi connectivity index (χ3n) is 5.38. The highest BCUT2D eigenvalue weighted by molar-refractivity contribution is 5.95. The number of hydrogen-bond donors (Lipinski definition) is 1. The maximum absolute atomic E-state index is 13.8. The minimum absolute atomic E-state index is 0.134. The molecule has 2 amide bonds. The Kier molecular flexibility index (Phi) is 7.41. The van der Waals surface area contributed by atoms with Gasteiger partial charge in [-0.3, -0.25) is 9.59 Å². The highest BCUT2D eigenvalue weighted by atomic mass is 19.1. The molecule has 2 aromatic rings. The minimum atomic E-state index is -0.448. The molecule has 0 bridgehead atoms. The largest absolute Gasteiger partial charge is 0.497 e. The molecule has 2 aromatic carbocycles. The number of halogens is 1. The van der Waals surface area contributed by atoms with Crippen molar-refractivity contribution in [2.24, 2.45) is 5.92 Å². The molecular formula is C23H27FN2O4. The molecule has 6 nitrogen and oxygen atoms in total. The predicted octanol–water partition coefficient (Wildman–Crippen LogP) is 2.84. The number of ether oxygens (including phenoxy) is 2. The molecule has 1 fully saturated rings. The van der Waals surface area contributed by atoms with Crippen LogP contribution >= 0.6 is 0 Å². The van der Waals surface area contributed by atoms with E-state index in [1.807, 2.05) is 0 Å². The molecule has 1 heterocycles. The highest BCUT2D eigenvalue weighted by Crippen LogP contribution is 2.34. The van der Waals surface area contributed by atoms with E-state index in [-0.39, 0.29) is 30.1 Å². The summed E-state index contributed by atoms with van der Waals surface area (Å²) in [5.41, 5.74) is 1.24. The van der Waals surface area contributed by atoms with Gasteiger partial charge in [0, 0.05) is 44.8 Å². The van der Waals surface area contributed by atoms with Crippen molar-refractivity contribution in [2.45, 2.75) is 12.3 Å². The number of nitrogens with one attached hydrogen (secondary N) is 1. The molecule has 7 heteroatoms. The van der Waals surface area contributed by atoms with Crippen LogP contribution in [0.2, 0.25) is 0 Å². The van der Waals surface area contributed by atoms with Crippen molar-refractivity contribution in [3.63, 3.8) is 0 Å². The molecule has 1 N–H and O–H groups in total. The lowest BCUT2D eigenvalue weighted by Crippen LogP contribution is -2.36. The fourth-order valence-corrected chi connectivity index (χ4v) is 3.79. The van der Waals surface area contributed by atoms with Crippen LogP contribution in [0.25, 0.3) is 0 Å². The van der Waals surface area contributed by atoms with E-state index in [1.165, 1.54) is 12.1 Å². The van der Waals surface area contributed by atoms with E-state index in [1.54, 1.807) is 55.5 Å². The van der Waals surface area contributed by atoms with Gasteiger partial charge in [-0.25, -0.2) is 4.39 Å². The van der Waals surface area contributed by atoms with E-state index in [0.717, 1.165) is 5.56 Å². The van der Waals surface area contributed by atoms with E-state index in [2.05, 4.69) is 5.32 Å². The Labute approximate surface area is 176 Å². The molecule has 0 radical (unpaired) electrons. The summed E-state index contributed by atoms with van der Waals surface area (Å²) in [6, 6.07) is 13.1. The zero-order valence-corrected chi connectivity index (χ0v) is 17.3. The summed E-state index contributed by atoms with van der Waals surface area (Å²) in [7, 11) is 3.18. The normalized spacial score (nSPS) is 18.3. The lowest BCUT2D eigenvalue weighted by molar-refractivity contribution is -0.124. The molecule has 0 aliphatic carbocycles. The molecule has 3 rings (SSSR count). The monoisotopic (exact) mass is 414 g/mol. The van der Waals surface area contributed by atoms with Gasteiger partial charge in [0.15, 0.2) is 0 Å². The third-order valence-corrected chi connectivity index (χ3v) is 5.38. The van der Waals surface area contributed by atoms with Crippen molar-refractivity contribution in [1.29, 1.82) is 0 Å². The van der Waals surface area contributed by atoms with Crippen LogP contribution in [0.15, 0.2) is 48.5 Å². The van der Waals surface area contributed by atoms with Crippen LogP contribution < -0.4 is 10.1 Å². The number of amides is 2. The average Bonchev–Trinajstić information content (AvgIpc) is 3.22. The second-order valence-electron chi connectivity index (χ2n) is 7.34. The SMILES string of the molecule is COCCCNC(=O)[C@@H]1CN(C(=O)c2ccc(OC)cc2)C[C@H]1c1cccc(F)c1. The summed E-state index contributed by atoms with van der Waals surface area (Å²) in [5.74, 6) is -0.702. The first-order valence-electron chi connectivity index (χ1n) is 9.99. The van der Waals surface area contributed by atoms with Crippen molar-refractivity contribution in [2.75, 3.05) is 40.5 Å². The molecule has 1 saturated heterocycles. The van der Waals surface area contributed by atoms with E-state index in [0.29, 0.717) is 37.4 Å². The van der Waals surface area contributed by atoms with Crippen molar-refractivity contribution in [1.82, 2.24) is 10.2 Å². The van der Waals surface area contributed by atoms with Gasteiger partial charge in [-0.2, -0.15) is 0 Å². The number of methoxy groups -OCH3 is 2. The van der Waals surface area contributed by atoms with Crippen molar-refractivity contribution >= 4 is 11.8 Å². The van der Waals surface area contributed by atoms with Crippen LogP contribution in [-0.2, 0) is 9.53 Å². The van der Waals surface area contributed by atoms with Crippen molar-refractivity contribution in [3.05, 3.63) is 65.5 Å². The number of carbonyl (C=O) groups is 2. The molecule has 0 saturated carbocycles. The minimum Gasteiger partial charge on any atom is -0.497 e. The number of likely N-dealkylation sites (tertiary alicyclic amines) is 1. The zero-order chi connectivity index (χ0) is 21.5. The maximum Gasteiger partial charge on any atom is 0.253 e. The van der Waals surface area contributed by atoms with Crippen LogP contribution in [0.4, 0.5) is 4.39 Å². The molecule has 0 unspecified atom stereocenters. The van der Waals surface area contributed by atoms with Gasteiger partial charge in [-0.15, -0.1) is 0 Å². The van der Waals surface area contributed by atoms with E-state index >= 15 is 0 Å². The van der Waals surface area contributed by atoms with Gasteiger partial charge in [-0.05, 0) is 48.4 Å². The Hall–Kier alpha value is -2.93. The van der Waals surface area contributed by atoms with E-state index in [4.69, 9.17) is 9.47 Å². The van der Waals surface area contributed by atoms with Gasteiger partial charge in [0.1, 0.15) is 11.6 Å². The average molecular weight is 414 g/mol. The van der Waals surface area contributed by atoms with Crippen LogP contribution in [0, 0.1) is 11.7 Å². The smallest absolute Gasteiger partial charge is 0.253 e. The number of nitrogens with zero attached hydrogens (tertiary/aromatic N) is 1. The lowest BCUT2D eigenvalue weighted by Gasteiger charge is -2.18. The fourth-order valence-electron chi connectivity index (χ4n) is 3.79. The van der Waals surface area contributed by atoms with Gasteiger partial charge >= 0.3 is 0 Å². The molecular weight excluding hydrogens is 387 g/mol. The third kappa shape index (κ3) is 5.16. The first-order chi connectivity index (χ1) is 14.5. The Morgan fingerprint density at radius 3 is 2.57 bits per heavy atom. The Morgan fingerprint density at radius 1 is 1.13 bits per heavy atom. The Balaban J connectivity index is 1.78. The van der Waals surface area contributed by atoms with Crippen LogP contribution in [0.5, 0.6) is 5.75 Å². The number of hydrogen-bond acceptors (Lipinski definition) is 4. The highest BCUT2D eigenvalue weighted by Gasteiger charge is 2.40. The summed E-state index contributed by atoms with van der Waals surface area (Å²) in [5, 5.41) is 2.92.